The number of para-hydroxylation sites is 1. The van der Waals surface area contributed by atoms with Gasteiger partial charge in [0.2, 0.25) is 0 Å². The minimum Gasteiger partial charge on any atom is -0.348 e. The predicted octanol–water partition coefficient (Wildman–Crippen LogP) is 4.39. The highest BCUT2D eigenvalue weighted by Gasteiger charge is 2.21. The van der Waals surface area contributed by atoms with E-state index < -0.39 is 0 Å². The van der Waals surface area contributed by atoms with Gasteiger partial charge in [0.15, 0.2) is 0 Å². The molecule has 0 atom stereocenters. The van der Waals surface area contributed by atoms with E-state index in [9.17, 15) is 9.59 Å². The smallest absolute Gasteiger partial charge is 0.275 e. The first-order chi connectivity index (χ1) is 14.4. The third-order valence-electron chi connectivity index (χ3n) is 5.50. The van der Waals surface area contributed by atoms with Crippen LogP contribution in [-0.2, 0) is 20.1 Å². The number of nitrogens with one attached hydrogen (secondary N) is 1. The molecule has 5 heteroatoms. The summed E-state index contributed by atoms with van der Waals surface area (Å²) in [6.45, 7) is 7.17. The highest BCUT2D eigenvalue weighted by molar-refractivity contribution is 6.17. The molecule has 0 aliphatic heterocycles. The van der Waals surface area contributed by atoms with Crippen LogP contribution in [0.4, 0.5) is 0 Å². The van der Waals surface area contributed by atoms with Crippen molar-refractivity contribution in [3.63, 3.8) is 0 Å². The van der Waals surface area contributed by atoms with Crippen LogP contribution in [0.3, 0.4) is 0 Å². The Bertz CT molecular complexity index is 1290. The molecule has 4 rings (SSSR count). The Morgan fingerprint density at radius 2 is 1.77 bits per heavy atom. The number of hydrogen-bond donors (Lipinski definition) is 1. The van der Waals surface area contributed by atoms with Crippen molar-refractivity contribution in [1.82, 2.24) is 14.5 Å². The fraction of sp³-hybridized carbons (Fsp3) is 0.280. The number of aryl methyl sites for hydroxylation is 2. The standard InChI is InChI=1S/C25H27N3O2/c1-16(2)14-28-15-20(24(29)26-13-18-11-9-17(3)10-12-18)22-19-7-5-6-8-21(19)27(4)23(22)25(28)30/h5-12,15-16H,13-14H2,1-4H3,(H,26,29). The molecule has 154 valence electrons. The normalized spacial score (nSPS) is 11.5. The summed E-state index contributed by atoms with van der Waals surface area (Å²) in [4.78, 5) is 26.5. The number of nitrogens with zero attached hydrogens (tertiary/aromatic N) is 2. The minimum absolute atomic E-state index is 0.0625. The molecule has 0 aliphatic rings. The zero-order valence-corrected chi connectivity index (χ0v) is 17.9. The maximum absolute atomic E-state index is 13.3. The van der Waals surface area contributed by atoms with Crippen molar-refractivity contribution >= 4 is 27.7 Å². The Hall–Kier alpha value is -3.34. The van der Waals surface area contributed by atoms with Crippen LogP contribution < -0.4 is 10.9 Å². The van der Waals surface area contributed by atoms with Gasteiger partial charge in [-0.2, -0.15) is 0 Å². The van der Waals surface area contributed by atoms with Crippen LogP contribution in [0.5, 0.6) is 0 Å². The van der Waals surface area contributed by atoms with Gasteiger partial charge in [0.25, 0.3) is 11.5 Å². The van der Waals surface area contributed by atoms with Gasteiger partial charge < -0.3 is 14.5 Å². The van der Waals surface area contributed by atoms with E-state index in [1.165, 1.54) is 5.56 Å². The van der Waals surface area contributed by atoms with Crippen molar-refractivity contribution in [3.8, 4) is 0 Å². The van der Waals surface area contributed by atoms with E-state index in [1.807, 2.05) is 67.1 Å². The van der Waals surface area contributed by atoms with Gasteiger partial charge in [-0.25, -0.2) is 0 Å². The third kappa shape index (κ3) is 3.52. The van der Waals surface area contributed by atoms with E-state index in [1.54, 1.807) is 10.8 Å². The summed E-state index contributed by atoms with van der Waals surface area (Å²) in [6, 6.07) is 15.9. The molecule has 0 fully saturated rings. The number of pyridine rings is 1. The van der Waals surface area contributed by atoms with E-state index >= 15 is 0 Å². The molecule has 0 saturated heterocycles. The lowest BCUT2D eigenvalue weighted by atomic mass is 10.1. The second kappa shape index (κ2) is 7.82. The average molecular weight is 402 g/mol. The predicted molar refractivity (Wildman–Crippen MR) is 122 cm³/mol. The van der Waals surface area contributed by atoms with Crippen molar-refractivity contribution in [2.24, 2.45) is 13.0 Å². The van der Waals surface area contributed by atoms with Crippen LogP contribution in [0.15, 0.2) is 59.5 Å². The summed E-state index contributed by atoms with van der Waals surface area (Å²) in [5, 5.41) is 4.68. The summed E-state index contributed by atoms with van der Waals surface area (Å²) in [5.41, 5.74) is 4.21. The quantitative estimate of drug-likeness (QED) is 0.539. The van der Waals surface area contributed by atoms with Crippen molar-refractivity contribution < 1.29 is 4.79 Å². The van der Waals surface area contributed by atoms with Crippen LogP contribution >= 0.6 is 0 Å². The van der Waals surface area contributed by atoms with E-state index in [2.05, 4.69) is 19.2 Å². The van der Waals surface area contributed by atoms with Gasteiger partial charge in [0, 0.05) is 42.6 Å². The number of amides is 1. The highest BCUT2D eigenvalue weighted by Crippen LogP contribution is 2.29. The Morgan fingerprint density at radius 1 is 1.07 bits per heavy atom. The second-order valence-corrected chi connectivity index (χ2v) is 8.36. The van der Waals surface area contributed by atoms with Crippen molar-refractivity contribution in [2.75, 3.05) is 0 Å². The number of rotatable bonds is 5. The van der Waals surface area contributed by atoms with Crippen LogP contribution in [-0.4, -0.2) is 15.0 Å². The SMILES string of the molecule is Cc1ccc(CNC(=O)c2cn(CC(C)C)c(=O)c3c2c2ccccc2n3C)cc1. The zero-order valence-electron chi connectivity index (χ0n) is 17.9. The summed E-state index contributed by atoms with van der Waals surface area (Å²) in [6.07, 6.45) is 1.72. The first-order valence-corrected chi connectivity index (χ1v) is 10.3. The van der Waals surface area contributed by atoms with Gasteiger partial charge in [-0.05, 0) is 24.5 Å². The van der Waals surface area contributed by atoms with Crippen LogP contribution in [0.2, 0.25) is 0 Å². The Morgan fingerprint density at radius 3 is 2.47 bits per heavy atom. The molecule has 5 nitrogen and oxygen atoms in total. The van der Waals surface area contributed by atoms with E-state index in [0.717, 1.165) is 21.9 Å². The van der Waals surface area contributed by atoms with Gasteiger partial charge in [-0.15, -0.1) is 0 Å². The summed E-state index contributed by atoms with van der Waals surface area (Å²) in [5.74, 6) is 0.118. The third-order valence-corrected chi connectivity index (χ3v) is 5.50. The van der Waals surface area contributed by atoms with Crippen LogP contribution in [0.1, 0.15) is 35.3 Å². The molecule has 0 unspecified atom stereocenters. The maximum Gasteiger partial charge on any atom is 0.275 e. The molecule has 2 aromatic carbocycles. The van der Waals surface area contributed by atoms with E-state index in [-0.39, 0.29) is 11.5 Å². The number of benzene rings is 2. The van der Waals surface area contributed by atoms with Crippen molar-refractivity contribution in [1.29, 1.82) is 0 Å². The van der Waals surface area contributed by atoms with Gasteiger partial charge >= 0.3 is 0 Å². The molecule has 0 saturated carbocycles. The molecule has 30 heavy (non-hydrogen) atoms. The number of aromatic nitrogens is 2. The lowest BCUT2D eigenvalue weighted by molar-refractivity contribution is 0.0951. The minimum atomic E-state index is -0.172. The fourth-order valence-corrected chi connectivity index (χ4v) is 4.02. The monoisotopic (exact) mass is 401 g/mol. The van der Waals surface area contributed by atoms with Crippen molar-refractivity contribution in [3.05, 3.63) is 81.8 Å². The Labute approximate surface area is 175 Å². The summed E-state index contributed by atoms with van der Waals surface area (Å²) >= 11 is 0. The topological polar surface area (TPSA) is 56.0 Å². The molecule has 1 N–H and O–H groups in total. The second-order valence-electron chi connectivity index (χ2n) is 8.36. The number of hydrogen-bond acceptors (Lipinski definition) is 2. The Kier molecular flexibility index (Phi) is 5.20. The first kappa shape index (κ1) is 20.0. The molecule has 0 spiro atoms. The molecule has 2 aromatic heterocycles. The lowest BCUT2D eigenvalue weighted by Crippen LogP contribution is -2.29. The molecule has 0 radical (unpaired) electrons. The molecule has 4 aromatic rings. The lowest BCUT2D eigenvalue weighted by Gasteiger charge is -2.13. The first-order valence-electron chi connectivity index (χ1n) is 10.3. The molecular weight excluding hydrogens is 374 g/mol. The van der Waals surface area contributed by atoms with Gasteiger partial charge in [-0.1, -0.05) is 61.9 Å². The van der Waals surface area contributed by atoms with Gasteiger partial charge in [0.05, 0.1) is 5.56 Å². The van der Waals surface area contributed by atoms with Crippen LogP contribution in [0, 0.1) is 12.8 Å². The van der Waals surface area contributed by atoms with Gasteiger partial charge in [0.1, 0.15) is 5.52 Å². The summed E-state index contributed by atoms with van der Waals surface area (Å²) < 4.78 is 3.58. The van der Waals surface area contributed by atoms with E-state index in [0.29, 0.717) is 30.1 Å². The molecule has 0 bridgehead atoms. The number of carbonyl (C=O) groups excluding carboxylic acids is 1. The molecule has 1 amide bonds. The maximum atomic E-state index is 13.3. The largest absolute Gasteiger partial charge is 0.348 e. The summed E-state index contributed by atoms with van der Waals surface area (Å²) in [7, 11) is 1.89. The van der Waals surface area contributed by atoms with E-state index in [4.69, 9.17) is 0 Å². The zero-order chi connectivity index (χ0) is 21.4. The number of fused-ring (bicyclic) bond motifs is 3. The molecule has 2 heterocycles. The Balaban J connectivity index is 1.85. The van der Waals surface area contributed by atoms with Crippen LogP contribution in [0.25, 0.3) is 21.8 Å². The van der Waals surface area contributed by atoms with Crippen molar-refractivity contribution in [2.45, 2.75) is 33.9 Å². The fourth-order valence-electron chi connectivity index (χ4n) is 4.02. The highest BCUT2D eigenvalue weighted by atomic mass is 16.2. The average Bonchev–Trinajstić information content (AvgIpc) is 3.02. The molecular formula is C25H27N3O2. The molecule has 0 aliphatic carbocycles. The van der Waals surface area contributed by atoms with Gasteiger partial charge in [-0.3, -0.25) is 9.59 Å². The number of carbonyl (C=O) groups is 1.